The van der Waals surface area contributed by atoms with Gasteiger partial charge in [-0.15, -0.1) is 0 Å². The van der Waals surface area contributed by atoms with Gasteiger partial charge >= 0.3 is 6.18 Å². The van der Waals surface area contributed by atoms with Gasteiger partial charge < -0.3 is 0 Å². The molecule has 1 unspecified atom stereocenters. The maximum absolute atomic E-state index is 12.6. The fourth-order valence-electron chi connectivity index (χ4n) is 3.45. The molecule has 0 aromatic heterocycles. The smallest absolute Gasteiger partial charge is 0.166 e. The summed E-state index contributed by atoms with van der Waals surface area (Å²) in [5.41, 5.74) is 1.58. The van der Waals surface area contributed by atoms with Gasteiger partial charge in [-0.25, -0.2) is 0 Å². The first-order valence-corrected chi connectivity index (χ1v) is 8.80. The lowest BCUT2D eigenvalue weighted by Gasteiger charge is -2.24. The summed E-state index contributed by atoms with van der Waals surface area (Å²) >= 11 is 0. The van der Waals surface area contributed by atoms with Crippen molar-refractivity contribution in [3.05, 3.63) is 41.5 Å². The zero-order chi connectivity index (χ0) is 16.9. The van der Waals surface area contributed by atoms with Gasteiger partial charge in [0.2, 0.25) is 0 Å². The summed E-state index contributed by atoms with van der Waals surface area (Å²) < 4.78 is 37.8. The number of benzene rings is 1. The van der Waals surface area contributed by atoms with Crippen molar-refractivity contribution in [1.82, 2.24) is 0 Å². The highest BCUT2D eigenvalue weighted by Crippen LogP contribution is 2.35. The lowest BCUT2D eigenvalue weighted by Crippen LogP contribution is -2.08. The molecule has 0 saturated heterocycles. The average Bonchev–Trinajstić information content (AvgIpc) is 2.56. The van der Waals surface area contributed by atoms with Gasteiger partial charge in [-0.1, -0.05) is 51.3 Å². The fraction of sp³-hybridized carbons (Fsp3) is 0.600. The van der Waals surface area contributed by atoms with Crippen LogP contribution in [0.15, 0.2) is 30.3 Å². The molecule has 1 atom stereocenters. The predicted molar refractivity (Wildman–Crippen MR) is 90.1 cm³/mol. The van der Waals surface area contributed by atoms with Gasteiger partial charge in [-0.05, 0) is 60.8 Å². The fourth-order valence-corrected chi connectivity index (χ4v) is 3.45. The van der Waals surface area contributed by atoms with Crippen molar-refractivity contribution >= 4 is 5.57 Å². The third-order valence-corrected chi connectivity index (χ3v) is 5.24. The van der Waals surface area contributed by atoms with Crippen molar-refractivity contribution in [2.75, 3.05) is 0 Å². The van der Waals surface area contributed by atoms with Crippen molar-refractivity contribution in [3.8, 4) is 0 Å². The largest absolute Gasteiger partial charge is 0.416 e. The number of hydrogen-bond donors (Lipinski definition) is 0. The van der Waals surface area contributed by atoms with E-state index in [1.165, 1.54) is 43.4 Å². The summed E-state index contributed by atoms with van der Waals surface area (Å²) in [6, 6.07) is 5.60. The highest BCUT2D eigenvalue weighted by molar-refractivity contribution is 5.66. The molecule has 0 heterocycles. The van der Waals surface area contributed by atoms with Gasteiger partial charge in [0.25, 0.3) is 0 Å². The lowest BCUT2D eigenvalue weighted by atomic mass is 9.82. The maximum atomic E-state index is 12.6. The second-order valence-electron chi connectivity index (χ2n) is 6.70. The third-order valence-electron chi connectivity index (χ3n) is 5.24. The standard InChI is InChI=1S/C20H27F3/c1-3-15(4-2)5-6-16-7-9-17(10-8-16)18-11-13-19(14-12-18)20(21,22)23/h9,11-16H,3-8,10H2,1-2H3. The summed E-state index contributed by atoms with van der Waals surface area (Å²) in [4.78, 5) is 0. The van der Waals surface area contributed by atoms with Gasteiger partial charge in [-0.3, -0.25) is 0 Å². The van der Waals surface area contributed by atoms with Crippen molar-refractivity contribution in [3.63, 3.8) is 0 Å². The van der Waals surface area contributed by atoms with E-state index < -0.39 is 11.7 Å². The minimum absolute atomic E-state index is 0.569. The van der Waals surface area contributed by atoms with Crippen LogP contribution in [-0.2, 0) is 6.18 Å². The number of halogens is 3. The summed E-state index contributed by atoms with van der Waals surface area (Å²) in [6.07, 6.45) is 6.31. The van der Waals surface area contributed by atoms with Gasteiger partial charge in [0, 0.05) is 0 Å². The van der Waals surface area contributed by atoms with Crippen LogP contribution < -0.4 is 0 Å². The first kappa shape index (κ1) is 18.1. The third kappa shape index (κ3) is 5.12. The highest BCUT2D eigenvalue weighted by Gasteiger charge is 2.30. The van der Waals surface area contributed by atoms with Crippen molar-refractivity contribution in [1.29, 1.82) is 0 Å². The Kier molecular flexibility index (Phi) is 6.32. The molecule has 1 aliphatic carbocycles. The molecule has 1 aliphatic rings. The molecule has 0 saturated carbocycles. The number of rotatable bonds is 6. The zero-order valence-corrected chi connectivity index (χ0v) is 14.1. The molecular weight excluding hydrogens is 297 g/mol. The van der Waals surface area contributed by atoms with E-state index in [4.69, 9.17) is 0 Å². The van der Waals surface area contributed by atoms with Crippen LogP contribution in [0.2, 0.25) is 0 Å². The topological polar surface area (TPSA) is 0 Å². The molecule has 0 nitrogen and oxygen atoms in total. The molecule has 0 N–H and O–H groups in total. The molecule has 0 aliphatic heterocycles. The normalized spacial score (nSPS) is 19.0. The molecular formula is C20H27F3. The van der Waals surface area contributed by atoms with E-state index in [0.717, 1.165) is 36.7 Å². The van der Waals surface area contributed by atoms with Gasteiger partial charge in [0.05, 0.1) is 5.56 Å². The van der Waals surface area contributed by atoms with Gasteiger partial charge in [0.15, 0.2) is 0 Å². The lowest BCUT2D eigenvalue weighted by molar-refractivity contribution is -0.137. The first-order valence-electron chi connectivity index (χ1n) is 8.80. The second-order valence-corrected chi connectivity index (χ2v) is 6.70. The zero-order valence-electron chi connectivity index (χ0n) is 14.1. The Morgan fingerprint density at radius 3 is 2.22 bits per heavy atom. The van der Waals surface area contributed by atoms with Crippen molar-refractivity contribution in [2.24, 2.45) is 11.8 Å². The molecule has 0 amide bonds. The molecule has 0 fully saturated rings. The molecule has 3 heteroatoms. The van der Waals surface area contributed by atoms with Crippen LogP contribution in [0, 0.1) is 11.8 Å². The van der Waals surface area contributed by atoms with E-state index in [1.807, 2.05) is 0 Å². The Morgan fingerprint density at radius 2 is 1.74 bits per heavy atom. The molecule has 128 valence electrons. The van der Waals surface area contributed by atoms with E-state index in [1.54, 1.807) is 12.1 Å². The molecule has 2 rings (SSSR count). The van der Waals surface area contributed by atoms with E-state index in [9.17, 15) is 13.2 Å². The Balaban J connectivity index is 1.91. The van der Waals surface area contributed by atoms with E-state index in [0.29, 0.717) is 0 Å². The summed E-state index contributed by atoms with van der Waals surface area (Å²) in [5, 5.41) is 0. The average molecular weight is 324 g/mol. The van der Waals surface area contributed by atoms with Crippen molar-refractivity contribution in [2.45, 2.75) is 65.0 Å². The summed E-state index contributed by atoms with van der Waals surface area (Å²) in [5.74, 6) is 1.59. The Labute approximate surface area is 137 Å². The van der Waals surface area contributed by atoms with Crippen molar-refractivity contribution < 1.29 is 13.2 Å². The second kappa shape index (κ2) is 8.03. The Bertz CT molecular complexity index is 507. The summed E-state index contributed by atoms with van der Waals surface area (Å²) in [6.45, 7) is 4.52. The van der Waals surface area contributed by atoms with Crippen LogP contribution >= 0.6 is 0 Å². The molecule has 1 aromatic rings. The minimum atomic E-state index is -4.25. The van der Waals surface area contributed by atoms with E-state index in [-0.39, 0.29) is 0 Å². The quantitative estimate of drug-likeness (QED) is 0.523. The van der Waals surface area contributed by atoms with Crippen LogP contribution in [0.5, 0.6) is 0 Å². The predicted octanol–water partition coefficient (Wildman–Crippen LogP) is 7.11. The first-order chi connectivity index (χ1) is 10.9. The molecule has 0 radical (unpaired) electrons. The molecule has 23 heavy (non-hydrogen) atoms. The molecule has 1 aromatic carbocycles. The number of allylic oxidation sites excluding steroid dienone is 2. The van der Waals surface area contributed by atoms with Crippen LogP contribution in [0.1, 0.15) is 69.9 Å². The maximum Gasteiger partial charge on any atom is 0.416 e. The molecule has 0 bridgehead atoms. The van der Waals surface area contributed by atoms with Gasteiger partial charge in [-0.2, -0.15) is 13.2 Å². The molecule has 0 spiro atoms. The highest BCUT2D eigenvalue weighted by atomic mass is 19.4. The SMILES string of the molecule is CCC(CC)CCC1CC=C(c2ccc(C(F)(F)F)cc2)CC1. The van der Waals surface area contributed by atoms with E-state index >= 15 is 0 Å². The van der Waals surface area contributed by atoms with Crippen LogP contribution in [-0.4, -0.2) is 0 Å². The van der Waals surface area contributed by atoms with Crippen LogP contribution in [0.25, 0.3) is 5.57 Å². The Hall–Kier alpha value is -1.25. The number of alkyl halides is 3. The number of hydrogen-bond acceptors (Lipinski definition) is 0. The van der Waals surface area contributed by atoms with E-state index in [2.05, 4.69) is 19.9 Å². The van der Waals surface area contributed by atoms with Gasteiger partial charge in [0.1, 0.15) is 0 Å². The monoisotopic (exact) mass is 324 g/mol. The van der Waals surface area contributed by atoms with Crippen LogP contribution in [0.3, 0.4) is 0 Å². The van der Waals surface area contributed by atoms with Crippen LogP contribution in [0.4, 0.5) is 13.2 Å². The summed E-state index contributed by atoms with van der Waals surface area (Å²) in [7, 11) is 0. The Morgan fingerprint density at radius 1 is 1.09 bits per heavy atom. The minimum Gasteiger partial charge on any atom is -0.166 e.